The lowest BCUT2D eigenvalue weighted by Gasteiger charge is -2.32. The van der Waals surface area contributed by atoms with Gasteiger partial charge in [0.1, 0.15) is 18.2 Å². The van der Waals surface area contributed by atoms with Gasteiger partial charge < -0.3 is 19.5 Å². The van der Waals surface area contributed by atoms with Crippen molar-refractivity contribution in [3.8, 4) is 0 Å². The van der Waals surface area contributed by atoms with E-state index >= 15 is 0 Å². The van der Waals surface area contributed by atoms with Crippen LogP contribution in [0.25, 0.3) is 0 Å². The zero-order valence-electron chi connectivity index (χ0n) is 16.6. The molecule has 1 aliphatic rings. The van der Waals surface area contributed by atoms with Crippen molar-refractivity contribution < 1.29 is 9.13 Å². The molecule has 0 radical (unpaired) electrons. The monoisotopic (exact) mass is 502 g/mol. The van der Waals surface area contributed by atoms with Crippen molar-refractivity contribution in [1.82, 2.24) is 25.0 Å². The Balaban J connectivity index is 0.00000280. The van der Waals surface area contributed by atoms with Crippen LogP contribution in [0.5, 0.6) is 0 Å². The predicted octanol–water partition coefficient (Wildman–Crippen LogP) is 2.42. The lowest BCUT2D eigenvalue weighted by molar-refractivity contribution is 0.195. The number of methoxy groups -OCH3 is 1. The smallest absolute Gasteiger partial charge is 0.194 e. The van der Waals surface area contributed by atoms with Crippen molar-refractivity contribution in [1.29, 1.82) is 0 Å². The number of hydrogen-bond acceptors (Lipinski definition) is 4. The molecule has 1 aliphatic heterocycles. The summed E-state index contributed by atoms with van der Waals surface area (Å²) in [5, 5.41) is 11.7. The van der Waals surface area contributed by atoms with Crippen LogP contribution in [0.3, 0.4) is 0 Å². The molecular weight excluding hydrogens is 474 g/mol. The molecule has 1 N–H and O–H groups in total. The Morgan fingerprint density at radius 1 is 1.32 bits per heavy atom. The number of benzene rings is 1. The highest BCUT2D eigenvalue weighted by molar-refractivity contribution is 14.0. The first-order valence-electron chi connectivity index (χ1n) is 9.23. The van der Waals surface area contributed by atoms with Crippen molar-refractivity contribution in [3.05, 3.63) is 46.8 Å². The maximum Gasteiger partial charge on any atom is 0.194 e. The molecule has 2 aromatic rings. The molecule has 0 aliphatic carbocycles. The van der Waals surface area contributed by atoms with E-state index in [1.165, 1.54) is 11.6 Å². The second-order valence-corrected chi connectivity index (χ2v) is 6.72. The third-order valence-corrected chi connectivity index (χ3v) is 4.84. The Hall–Kier alpha value is -1.75. The highest BCUT2D eigenvalue weighted by atomic mass is 127. The largest absolute Gasteiger partial charge is 0.385 e. The number of aryl methyl sites for hydroxylation is 1. The van der Waals surface area contributed by atoms with Crippen LogP contribution in [0.15, 0.2) is 23.2 Å². The van der Waals surface area contributed by atoms with E-state index in [0.717, 1.165) is 49.1 Å². The number of nitrogens with zero attached hydrogens (tertiary/aromatic N) is 5. The minimum absolute atomic E-state index is 0. The maximum atomic E-state index is 13.6. The summed E-state index contributed by atoms with van der Waals surface area (Å²) in [6.45, 7) is 5.29. The molecule has 0 fully saturated rings. The highest BCUT2D eigenvalue weighted by Crippen LogP contribution is 2.20. The molecule has 0 saturated carbocycles. The number of halogens is 2. The van der Waals surface area contributed by atoms with Gasteiger partial charge in [-0.3, -0.25) is 0 Å². The van der Waals surface area contributed by atoms with Gasteiger partial charge in [-0.25, -0.2) is 9.38 Å². The third kappa shape index (κ3) is 5.63. The Morgan fingerprint density at radius 2 is 2.14 bits per heavy atom. The molecule has 0 bridgehead atoms. The second kappa shape index (κ2) is 10.7. The van der Waals surface area contributed by atoms with Gasteiger partial charge in [-0.2, -0.15) is 0 Å². The quantitative estimate of drug-likeness (QED) is 0.285. The number of ether oxygens (including phenoxy) is 1. The van der Waals surface area contributed by atoms with Crippen LogP contribution in [0.4, 0.5) is 4.39 Å². The maximum absolute atomic E-state index is 13.6. The lowest BCUT2D eigenvalue weighted by Crippen LogP contribution is -2.44. The minimum atomic E-state index is -0.197. The van der Waals surface area contributed by atoms with Gasteiger partial charge in [-0.05, 0) is 43.0 Å². The van der Waals surface area contributed by atoms with Crippen molar-refractivity contribution in [2.75, 3.05) is 26.8 Å². The predicted molar refractivity (Wildman–Crippen MR) is 117 cm³/mol. The summed E-state index contributed by atoms with van der Waals surface area (Å²) >= 11 is 0. The standard InChI is InChI=1S/C19H27FN6O.HI/c1-14-23-24-18(25(14)2)12-22-19(21-8-4-10-27-3)26-9-7-15-5-6-17(20)11-16(15)13-26;/h5-6,11H,4,7-10,12-13H2,1-3H3,(H,21,22);1H. The topological polar surface area (TPSA) is 67.6 Å². The van der Waals surface area contributed by atoms with Gasteiger partial charge >= 0.3 is 0 Å². The van der Waals surface area contributed by atoms with Gasteiger partial charge in [0.05, 0.1) is 0 Å². The summed E-state index contributed by atoms with van der Waals surface area (Å²) in [4.78, 5) is 6.92. The lowest BCUT2D eigenvalue weighted by atomic mass is 10.00. The number of guanidine groups is 1. The van der Waals surface area contributed by atoms with E-state index in [4.69, 9.17) is 9.73 Å². The Labute approximate surface area is 182 Å². The molecule has 7 nitrogen and oxygen atoms in total. The normalized spacial score (nSPS) is 13.9. The van der Waals surface area contributed by atoms with E-state index in [2.05, 4.69) is 20.4 Å². The second-order valence-electron chi connectivity index (χ2n) is 6.72. The molecular formula is C19H28FIN6O. The summed E-state index contributed by atoms with van der Waals surface area (Å²) in [5.41, 5.74) is 2.22. The molecule has 9 heteroatoms. The van der Waals surface area contributed by atoms with Gasteiger partial charge in [0.15, 0.2) is 11.8 Å². The SMILES string of the molecule is COCCCNC(=NCc1nnc(C)n1C)N1CCc2ccc(F)cc2C1.I. The molecule has 2 heterocycles. The fourth-order valence-electron chi connectivity index (χ4n) is 3.13. The first-order chi connectivity index (χ1) is 13.1. The van der Waals surface area contributed by atoms with Crippen LogP contribution in [-0.2, 0) is 31.3 Å². The van der Waals surface area contributed by atoms with Crippen molar-refractivity contribution in [2.24, 2.45) is 12.0 Å². The highest BCUT2D eigenvalue weighted by Gasteiger charge is 2.20. The number of fused-ring (bicyclic) bond motifs is 1. The number of aromatic nitrogens is 3. The summed E-state index contributed by atoms with van der Waals surface area (Å²) < 4.78 is 20.7. The number of rotatable bonds is 6. The van der Waals surface area contributed by atoms with Crippen LogP contribution < -0.4 is 5.32 Å². The van der Waals surface area contributed by atoms with Crippen LogP contribution >= 0.6 is 24.0 Å². The van der Waals surface area contributed by atoms with Crippen molar-refractivity contribution in [3.63, 3.8) is 0 Å². The van der Waals surface area contributed by atoms with E-state index in [0.29, 0.717) is 19.7 Å². The summed E-state index contributed by atoms with van der Waals surface area (Å²) in [6, 6.07) is 5.03. The van der Waals surface area contributed by atoms with Gasteiger partial charge in [-0.1, -0.05) is 6.07 Å². The number of aliphatic imine (C=N–C) groups is 1. The fourth-order valence-corrected chi connectivity index (χ4v) is 3.13. The van der Waals surface area contributed by atoms with Crippen LogP contribution in [-0.4, -0.2) is 52.4 Å². The third-order valence-electron chi connectivity index (χ3n) is 4.84. The molecule has 28 heavy (non-hydrogen) atoms. The zero-order chi connectivity index (χ0) is 19.2. The molecule has 0 atom stereocenters. The first-order valence-corrected chi connectivity index (χ1v) is 9.23. The first kappa shape index (κ1) is 22.5. The average molecular weight is 502 g/mol. The molecule has 0 amide bonds. The zero-order valence-corrected chi connectivity index (χ0v) is 18.9. The fraction of sp³-hybridized carbons (Fsp3) is 0.526. The molecule has 0 unspecified atom stereocenters. The Morgan fingerprint density at radius 3 is 2.86 bits per heavy atom. The molecule has 0 saturated heterocycles. The van der Waals surface area contributed by atoms with Gasteiger partial charge in [0, 0.05) is 40.4 Å². The van der Waals surface area contributed by atoms with E-state index < -0.39 is 0 Å². The van der Waals surface area contributed by atoms with E-state index in [9.17, 15) is 4.39 Å². The molecule has 0 spiro atoms. The van der Waals surface area contributed by atoms with Crippen LogP contribution in [0.1, 0.15) is 29.2 Å². The van der Waals surface area contributed by atoms with Crippen LogP contribution in [0, 0.1) is 12.7 Å². The van der Waals surface area contributed by atoms with E-state index in [1.807, 2.05) is 24.6 Å². The van der Waals surface area contributed by atoms with Crippen molar-refractivity contribution in [2.45, 2.75) is 32.9 Å². The summed E-state index contributed by atoms with van der Waals surface area (Å²) in [7, 11) is 3.63. The minimum Gasteiger partial charge on any atom is -0.385 e. The van der Waals surface area contributed by atoms with Gasteiger partial charge in [-0.15, -0.1) is 34.2 Å². The van der Waals surface area contributed by atoms with Gasteiger partial charge in [0.2, 0.25) is 0 Å². The number of hydrogen-bond donors (Lipinski definition) is 1. The van der Waals surface area contributed by atoms with E-state index in [1.54, 1.807) is 13.2 Å². The van der Waals surface area contributed by atoms with Crippen molar-refractivity contribution >= 4 is 29.9 Å². The van der Waals surface area contributed by atoms with Gasteiger partial charge in [0.25, 0.3) is 0 Å². The summed E-state index contributed by atoms with van der Waals surface area (Å²) in [5.74, 6) is 2.28. The molecule has 1 aromatic carbocycles. The summed E-state index contributed by atoms with van der Waals surface area (Å²) in [6.07, 6.45) is 1.76. The average Bonchev–Trinajstić information content (AvgIpc) is 2.99. The number of nitrogens with one attached hydrogen (secondary N) is 1. The molecule has 1 aromatic heterocycles. The van der Waals surface area contributed by atoms with Crippen LogP contribution in [0.2, 0.25) is 0 Å². The molecule has 154 valence electrons. The Kier molecular flexibility index (Phi) is 8.61. The molecule has 3 rings (SSSR count). The Bertz CT molecular complexity index is 810. The van der Waals surface area contributed by atoms with E-state index in [-0.39, 0.29) is 29.8 Å².